The molecule has 3 rings (SSSR count). The number of nitrogens with zero attached hydrogens (tertiary/aromatic N) is 2. The molecule has 2 N–H and O–H groups in total. The maximum Gasteiger partial charge on any atom is 0.271 e. The summed E-state index contributed by atoms with van der Waals surface area (Å²) in [6.45, 7) is 0.520. The fraction of sp³-hybridized carbons (Fsp3) is 0.316. The van der Waals surface area contributed by atoms with Gasteiger partial charge >= 0.3 is 0 Å². The fourth-order valence-electron chi connectivity index (χ4n) is 2.84. The van der Waals surface area contributed by atoms with E-state index in [2.05, 4.69) is 26.9 Å². The van der Waals surface area contributed by atoms with Crippen LogP contribution < -0.4 is 10.6 Å². The number of rotatable bonds is 6. The van der Waals surface area contributed by atoms with E-state index in [4.69, 9.17) is 0 Å². The molecule has 1 heterocycles. The molecule has 0 saturated carbocycles. The Morgan fingerprint density at radius 2 is 1.89 bits per heavy atom. The molecular weight excluding hydrogens is 357 g/mol. The van der Waals surface area contributed by atoms with Crippen LogP contribution in [0, 0.1) is 17.5 Å². The van der Waals surface area contributed by atoms with Crippen LogP contribution in [0.25, 0.3) is 0 Å². The van der Waals surface area contributed by atoms with Crippen molar-refractivity contribution in [2.24, 2.45) is 0 Å². The van der Waals surface area contributed by atoms with E-state index in [1.165, 1.54) is 30.5 Å². The molecule has 0 radical (unpaired) electrons. The molecule has 0 bridgehead atoms. The SMILES string of the molecule is O=C(NCCC1=CCCCC1)c1ccc(Nc2ccc(F)c(F)c2F)nn1. The summed E-state index contributed by atoms with van der Waals surface area (Å²) < 4.78 is 39.8. The number of aromatic nitrogens is 2. The molecule has 5 nitrogen and oxygen atoms in total. The van der Waals surface area contributed by atoms with E-state index in [-0.39, 0.29) is 23.1 Å². The van der Waals surface area contributed by atoms with E-state index >= 15 is 0 Å². The van der Waals surface area contributed by atoms with Crippen molar-refractivity contribution in [1.29, 1.82) is 0 Å². The van der Waals surface area contributed by atoms with E-state index < -0.39 is 17.5 Å². The van der Waals surface area contributed by atoms with Gasteiger partial charge in [0.2, 0.25) is 0 Å². The van der Waals surface area contributed by atoms with E-state index in [1.54, 1.807) is 0 Å². The lowest BCUT2D eigenvalue weighted by Gasteiger charge is -2.12. The van der Waals surface area contributed by atoms with Crippen LogP contribution in [0.4, 0.5) is 24.7 Å². The van der Waals surface area contributed by atoms with Gasteiger partial charge in [-0.25, -0.2) is 13.2 Å². The largest absolute Gasteiger partial charge is 0.350 e. The molecule has 0 aliphatic heterocycles. The van der Waals surface area contributed by atoms with Gasteiger partial charge in [-0.3, -0.25) is 4.79 Å². The Morgan fingerprint density at radius 3 is 2.59 bits per heavy atom. The van der Waals surface area contributed by atoms with Crippen molar-refractivity contribution in [1.82, 2.24) is 15.5 Å². The topological polar surface area (TPSA) is 66.9 Å². The summed E-state index contributed by atoms with van der Waals surface area (Å²) in [7, 11) is 0. The van der Waals surface area contributed by atoms with Crippen LogP contribution in [0.2, 0.25) is 0 Å². The Bertz CT molecular complexity index is 853. The van der Waals surface area contributed by atoms with Crippen molar-refractivity contribution in [3.05, 3.63) is 59.1 Å². The van der Waals surface area contributed by atoms with E-state index in [1.807, 2.05) is 0 Å². The predicted molar refractivity (Wildman–Crippen MR) is 95.1 cm³/mol. The van der Waals surface area contributed by atoms with Crippen molar-refractivity contribution in [2.75, 3.05) is 11.9 Å². The second-order valence-corrected chi connectivity index (χ2v) is 6.27. The monoisotopic (exact) mass is 376 g/mol. The van der Waals surface area contributed by atoms with Crippen molar-refractivity contribution in [3.8, 4) is 0 Å². The predicted octanol–water partition coefficient (Wildman–Crippen LogP) is 4.26. The molecule has 1 aliphatic carbocycles. The first-order chi connectivity index (χ1) is 13.0. The Labute approximate surface area is 154 Å². The molecular formula is C19H19F3N4O. The number of carbonyl (C=O) groups excluding carboxylic acids is 1. The third-order valence-electron chi connectivity index (χ3n) is 4.31. The highest BCUT2D eigenvalue weighted by Crippen LogP contribution is 2.22. The zero-order valence-corrected chi connectivity index (χ0v) is 14.6. The lowest BCUT2D eigenvalue weighted by Crippen LogP contribution is -2.26. The summed E-state index contributed by atoms with van der Waals surface area (Å²) in [5.41, 5.74) is 1.20. The molecule has 0 saturated heterocycles. The van der Waals surface area contributed by atoms with Gasteiger partial charge in [-0.05, 0) is 56.4 Å². The number of hydrogen-bond acceptors (Lipinski definition) is 4. The molecule has 0 atom stereocenters. The first kappa shape index (κ1) is 18.9. The van der Waals surface area contributed by atoms with Gasteiger partial charge in [-0.2, -0.15) is 0 Å². The molecule has 1 aromatic carbocycles. The van der Waals surface area contributed by atoms with Crippen LogP contribution in [0.1, 0.15) is 42.6 Å². The van der Waals surface area contributed by atoms with Gasteiger partial charge in [0.05, 0.1) is 5.69 Å². The first-order valence-corrected chi connectivity index (χ1v) is 8.75. The number of carbonyl (C=O) groups is 1. The van der Waals surface area contributed by atoms with Gasteiger partial charge in [0.25, 0.3) is 5.91 Å². The average molecular weight is 376 g/mol. The maximum atomic E-state index is 13.7. The average Bonchev–Trinajstić information content (AvgIpc) is 2.70. The van der Waals surface area contributed by atoms with Gasteiger partial charge in [-0.1, -0.05) is 11.6 Å². The molecule has 8 heteroatoms. The van der Waals surface area contributed by atoms with Gasteiger partial charge in [0, 0.05) is 6.54 Å². The minimum Gasteiger partial charge on any atom is -0.350 e. The molecule has 0 fully saturated rings. The lowest BCUT2D eigenvalue weighted by molar-refractivity contribution is 0.0948. The quantitative estimate of drug-likeness (QED) is 0.584. The van der Waals surface area contributed by atoms with Crippen LogP contribution >= 0.6 is 0 Å². The van der Waals surface area contributed by atoms with Gasteiger partial charge in [0.15, 0.2) is 29.0 Å². The zero-order valence-electron chi connectivity index (χ0n) is 14.6. The molecule has 1 amide bonds. The third kappa shape index (κ3) is 4.84. The Balaban J connectivity index is 1.56. The molecule has 142 valence electrons. The smallest absolute Gasteiger partial charge is 0.271 e. The number of amides is 1. The Kier molecular flexibility index (Phi) is 6.05. The highest BCUT2D eigenvalue weighted by Gasteiger charge is 2.14. The molecule has 2 aromatic rings. The second-order valence-electron chi connectivity index (χ2n) is 6.27. The summed E-state index contributed by atoms with van der Waals surface area (Å²) in [5, 5.41) is 12.8. The number of hydrogen-bond donors (Lipinski definition) is 2. The fourth-order valence-corrected chi connectivity index (χ4v) is 2.84. The number of allylic oxidation sites excluding steroid dienone is 1. The van der Waals surface area contributed by atoms with Crippen LogP contribution in [0.3, 0.4) is 0 Å². The first-order valence-electron chi connectivity index (χ1n) is 8.75. The zero-order chi connectivity index (χ0) is 19.2. The van der Waals surface area contributed by atoms with Gasteiger partial charge in [0.1, 0.15) is 0 Å². The van der Waals surface area contributed by atoms with Crippen molar-refractivity contribution in [2.45, 2.75) is 32.1 Å². The summed E-state index contributed by atoms with van der Waals surface area (Å²) in [6.07, 6.45) is 7.64. The lowest BCUT2D eigenvalue weighted by atomic mass is 9.97. The minimum atomic E-state index is -1.57. The summed E-state index contributed by atoms with van der Waals surface area (Å²) >= 11 is 0. The second kappa shape index (κ2) is 8.66. The number of anilines is 2. The van der Waals surface area contributed by atoms with Crippen molar-refractivity contribution in [3.63, 3.8) is 0 Å². The number of nitrogens with one attached hydrogen (secondary N) is 2. The van der Waals surface area contributed by atoms with Crippen molar-refractivity contribution < 1.29 is 18.0 Å². The van der Waals surface area contributed by atoms with E-state index in [9.17, 15) is 18.0 Å². The summed E-state index contributed by atoms with van der Waals surface area (Å²) in [4.78, 5) is 12.1. The van der Waals surface area contributed by atoms with Crippen LogP contribution in [-0.4, -0.2) is 22.6 Å². The highest BCUT2D eigenvalue weighted by atomic mass is 19.2. The standard InChI is InChI=1S/C19H19F3N4O/c20-13-6-7-14(18(22)17(13)21)24-16-9-8-15(25-26-16)19(27)23-11-10-12-4-2-1-3-5-12/h4,6-9H,1-3,5,10-11H2,(H,23,27)(H,24,26). The molecule has 1 aromatic heterocycles. The van der Waals surface area contributed by atoms with Gasteiger partial charge in [-0.15, -0.1) is 10.2 Å². The highest BCUT2D eigenvalue weighted by molar-refractivity contribution is 5.92. The van der Waals surface area contributed by atoms with E-state index in [0.717, 1.165) is 31.4 Å². The van der Waals surface area contributed by atoms with E-state index in [0.29, 0.717) is 6.54 Å². The third-order valence-corrected chi connectivity index (χ3v) is 4.31. The normalized spacial score (nSPS) is 13.8. The number of halogens is 3. The molecule has 0 unspecified atom stereocenters. The molecule has 0 spiro atoms. The van der Waals surface area contributed by atoms with Gasteiger partial charge < -0.3 is 10.6 Å². The summed E-state index contributed by atoms with van der Waals surface area (Å²) in [6, 6.07) is 4.68. The number of benzene rings is 1. The Hall–Kier alpha value is -2.90. The van der Waals surface area contributed by atoms with Crippen molar-refractivity contribution >= 4 is 17.4 Å². The minimum absolute atomic E-state index is 0.101. The molecule has 27 heavy (non-hydrogen) atoms. The molecule has 1 aliphatic rings. The van der Waals surface area contributed by atoms with Crippen LogP contribution in [-0.2, 0) is 0 Å². The summed E-state index contributed by atoms with van der Waals surface area (Å²) in [5.74, 6) is -4.46. The maximum absolute atomic E-state index is 13.7. The van der Waals surface area contributed by atoms with Crippen LogP contribution in [0.15, 0.2) is 35.9 Å². The van der Waals surface area contributed by atoms with Crippen LogP contribution in [0.5, 0.6) is 0 Å². The Morgan fingerprint density at radius 1 is 1.04 bits per heavy atom.